The van der Waals surface area contributed by atoms with Crippen molar-refractivity contribution in [2.45, 2.75) is 12.5 Å². The molecule has 0 saturated carbocycles. The van der Waals surface area contributed by atoms with Crippen molar-refractivity contribution in [3.05, 3.63) is 64.3 Å². The molecule has 3 aliphatic heterocycles. The summed E-state index contributed by atoms with van der Waals surface area (Å²) in [4.78, 5) is 44.0. The lowest BCUT2D eigenvalue weighted by atomic mass is 10.0. The number of thioether (sulfide) groups is 1. The monoisotopic (exact) mass is 483 g/mol. The largest absolute Gasteiger partial charge is 0.454 e. The molecule has 3 aliphatic rings. The van der Waals surface area contributed by atoms with E-state index in [2.05, 4.69) is 10.5 Å². The van der Waals surface area contributed by atoms with Gasteiger partial charge >= 0.3 is 0 Å². The summed E-state index contributed by atoms with van der Waals surface area (Å²) in [6.45, 7) is 0.216. The van der Waals surface area contributed by atoms with Gasteiger partial charge in [0, 0.05) is 25.1 Å². The van der Waals surface area contributed by atoms with Gasteiger partial charge in [-0.15, -0.1) is 0 Å². The first-order chi connectivity index (χ1) is 16.5. The number of oxime groups is 1. The number of fused-ring (bicyclic) bond motifs is 1. The predicted molar refractivity (Wildman–Crippen MR) is 121 cm³/mol. The summed E-state index contributed by atoms with van der Waals surface area (Å²) in [7, 11) is 0. The lowest BCUT2D eigenvalue weighted by Crippen LogP contribution is -2.41. The fourth-order valence-electron chi connectivity index (χ4n) is 3.61. The van der Waals surface area contributed by atoms with Gasteiger partial charge < -0.3 is 19.6 Å². The molecule has 5 rings (SSSR count). The number of benzene rings is 2. The summed E-state index contributed by atoms with van der Waals surface area (Å²) in [5, 5.41) is 6.11. The van der Waals surface area contributed by atoms with E-state index in [9.17, 15) is 18.8 Å². The zero-order valence-corrected chi connectivity index (χ0v) is 18.5. The van der Waals surface area contributed by atoms with Crippen LogP contribution in [0.2, 0.25) is 0 Å². The van der Waals surface area contributed by atoms with Gasteiger partial charge in [-0.2, -0.15) is 0 Å². The van der Waals surface area contributed by atoms with Crippen LogP contribution in [0.4, 0.5) is 9.18 Å². The van der Waals surface area contributed by atoms with E-state index in [0.717, 1.165) is 16.7 Å². The number of nitrogens with zero attached hydrogens (tertiary/aromatic N) is 2. The van der Waals surface area contributed by atoms with Crippen LogP contribution in [0.15, 0.2) is 52.5 Å². The highest BCUT2D eigenvalue weighted by Crippen LogP contribution is 2.36. The van der Waals surface area contributed by atoms with E-state index in [4.69, 9.17) is 14.3 Å². The molecule has 3 amide bonds. The second-order valence-corrected chi connectivity index (χ2v) is 8.58. The highest BCUT2D eigenvalue weighted by molar-refractivity contribution is 8.18. The third-order valence-corrected chi connectivity index (χ3v) is 6.23. The molecule has 34 heavy (non-hydrogen) atoms. The average molecular weight is 483 g/mol. The molecule has 1 fully saturated rings. The molecule has 0 aromatic heterocycles. The van der Waals surface area contributed by atoms with Gasteiger partial charge in [-0.05, 0) is 47.7 Å². The second kappa shape index (κ2) is 9.18. The summed E-state index contributed by atoms with van der Waals surface area (Å²) in [5.74, 6) is -0.0679. The highest BCUT2D eigenvalue weighted by atomic mass is 32.2. The highest BCUT2D eigenvalue weighted by Gasteiger charge is 2.35. The zero-order chi connectivity index (χ0) is 23.7. The Morgan fingerprint density at radius 1 is 1.21 bits per heavy atom. The Hall–Kier alpha value is -3.86. The Kier molecular flexibility index (Phi) is 5.93. The van der Waals surface area contributed by atoms with Crippen molar-refractivity contribution in [2.75, 3.05) is 19.9 Å². The van der Waals surface area contributed by atoms with Crippen LogP contribution in [0.3, 0.4) is 0 Å². The van der Waals surface area contributed by atoms with Crippen molar-refractivity contribution in [1.82, 2.24) is 10.2 Å². The van der Waals surface area contributed by atoms with E-state index in [-0.39, 0.29) is 31.2 Å². The molecule has 2 aromatic rings. The van der Waals surface area contributed by atoms with Crippen LogP contribution < -0.4 is 14.8 Å². The van der Waals surface area contributed by atoms with Crippen LogP contribution in [-0.4, -0.2) is 53.7 Å². The van der Waals surface area contributed by atoms with Crippen LogP contribution in [-0.2, 0) is 14.4 Å². The maximum atomic E-state index is 13.4. The van der Waals surface area contributed by atoms with Gasteiger partial charge in [0.15, 0.2) is 11.5 Å². The summed E-state index contributed by atoms with van der Waals surface area (Å²) < 4.78 is 24.0. The maximum absolute atomic E-state index is 13.4. The Morgan fingerprint density at radius 3 is 2.91 bits per heavy atom. The first-order valence-corrected chi connectivity index (χ1v) is 11.2. The number of carbonyl (C=O) groups is 3. The van der Waals surface area contributed by atoms with Gasteiger partial charge in [0.2, 0.25) is 12.9 Å². The van der Waals surface area contributed by atoms with E-state index < -0.39 is 29.0 Å². The minimum atomic E-state index is -0.862. The summed E-state index contributed by atoms with van der Waals surface area (Å²) in [5.41, 5.74) is 1.72. The third kappa shape index (κ3) is 4.46. The molecular formula is C23H18FN3O6S. The Balaban J connectivity index is 1.13. The fraction of sp³-hybridized carbons (Fsp3) is 0.217. The molecular weight excluding hydrogens is 465 g/mol. The molecule has 1 N–H and O–H groups in total. The average Bonchev–Trinajstić information content (AvgIpc) is 3.55. The van der Waals surface area contributed by atoms with E-state index in [1.807, 2.05) is 0 Å². The summed E-state index contributed by atoms with van der Waals surface area (Å²) >= 11 is 0.833. The van der Waals surface area contributed by atoms with Gasteiger partial charge in [-0.25, -0.2) is 4.39 Å². The molecule has 1 atom stereocenters. The van der Waals surface area contributed by atoms with Crippen molar-refractivity contribution >= 4 is 40.6 Å². The quantitative estimate of drug-likeness (QED) is 0.630. The van der Waals surface area contributed by atoms with Gasteiger partial charge in [0.1, 0.15) is 5.82 Å². The minimum absolute atomic E-state index is 0.0131. The molecule has 9 nitrogen and oxygen atoms in total. The Morgan fingerprint density at radius 2 is 2.06 bits per heavy atom. The number of halogens is 1. The molecule has 0 spiro atoms. The smallest absolute Gasteiger partial charge is 0.293 e. The van der Waals surface area contributed by atoms with Crippen LogP contribution in [0.25, 0.3) is 6.08 Å². The number of rotatable bonds is 6. The van der Waals surface area contributed by atoms with Gasteiger partial charge in [-0.3, -0.25) is 19.3 Å². The van der Waals surface area contributed by atoms with Crippen molar-refractivity contribution in [3.8, 4) is 11.5 Å². The van der Waals surface area contributed by atoms with E-state index in [1.54, 1.807) is 36.4 Å². The lowest BCUT2D eigenvalue weighted by Gasteiger charge is -2.14. The third-order valence-electron chi connectivity index (χ3n) is 5.32. The maximum Gasteiger partial charge on any atom is 0.293 e. The molecule has 0 radical (unpaired) electrons. The van der Waals surface area contributed by atoms with Crippen molar-refractivity contribution < 1.29 is 33.1 Å². The number of imide groups is 1. The van der Waals surface area contributed by atoms with Crippen LogP contribution >= 0.6 is 11.8 Å². The van der Waals surface area contributed by atoms with Crippen molar-refractivity contribution in [3.63, 3.8) is 0 Å². The van der Waals surface area contributed by atoms with Crippen LogP contribution in [0.1, 0.15) is 17.5 Å². The minimum Gasteiger partial charge on any atom is -0.454 e. The number of nitrogens with one attached hydrogen (secondary N) is 1. The van der Waals surface area contributed by atoms with Gasteiger partial charge in [0.25, 0.3) is 17.1 Å². The molecule has 1 unspecified atom stereocenters. The van der Waals surface area contributed by atoms with Crippen LogP contribution in [0, 0.1) is 5.82 Å². The molecule has 174 valence electrons. The van der Waals surface area contributed by atoms with Crippen molar-refractivity contribution in [1.29, 1.82) is 0 Å². The van der Waals surface area contributed by atoms with E-state index in [0.29, 0.717) is 28.3 Å². The molecule has 2 aromatic carbocycles. The molecule has 0 aliphatic carbocycles. The van der Waals surface area contributed by atoms with E-state index >= 15 is 0 Å². The number of hydrogen-bond donors (Lipinski definition) is 1. The Bertz CT molecular complexity index is 1250. The first kappa shape index (κ1) is 22.0. The number of ether oxygens (including phenoxy) is 2. The Labute approximate surface area is 197 Å². The van der Waals surface area contributed by atoms with E-state index in [1.165, 1.54) is 12.1 Å². The fourth-order valence-corrected chi connectivity index (χ4v) is 4.47. The predicted octanol–water partition coefficient (Wildman–Crippen LogP) is 2.90. The zero-order valence-electron chi connectivity index (χ0n) is 17.7. The molecule has 11 heteroatoms. The molecule has 0 bridgehead atoms. The molecule has 3 heterocycles. The first-order valence-electron chi connectivity index (χ1n) is 10.4. The standard InChI is InChI=1S/C23H18FN3O6S/c24-15-3-1-2-14(10-15)16-11-19(33-26-16)21(28)25-6-7-27-22(29)20(34-23(27)30)9-13-4-5-17-18(8-13)32-12-31-17/h1-5,8-10,19H,6-7,11-12H2,(H,25,28)/b20-9-. The number of amides is 3. The summed E-state index contributed by atoms with van der Waals surface area (Å²) in [6.07, 6.45) is 0.942. The molecule has 1 saturated heterocycles. The van der Waals surface area contributed by atoms with Gasteiger partial charge in [-0.1, -0.05) is 23.4 Å². The topological polar surface area (TPSA) is 107 Å². The SMILES string of the molecule is O=C(NCCN1C(=O)S/C(=C\c2ccc3c(c2)OCO3)C1=O)C1CC(c2cccc(F)c2)=NO1. The second-order valence-electron chi connectivity index (χ2n) is 7.58. The van der Waals surface area contributed by atoms with Crippen LogP contribution in [0.5, 0.6) is 11.5 Å². The number of hydrogen-bond acceptors (Lipinski definition) is 8. The number of carbonyl (C=O) groups excluding carboxylic acids is 3. The lowest BCUT2D eigenvalue weighted by molar-refractivity contribution is -0.131. The van der Waals surface area contributed by atoms with Gasteiger partial charge in [0.05, 0.1) is 10.6 Å². The normalized spacial score (nSPS) is 20.0. The summed E-state index contributed by atoms with van der Waals surface area (Å²) in [6, 6.07) is 11.1. The van der Waals surface area contributed by atoms with Crippen molar-refractivity contribution in [2.24, 2.45) is 5.16 Å².